The summed E-state index contributed by atoms with van der Waals surface area (Å²) in [5.74, 6) is -1.56. The first-order chi connectivity index (χ1) is 12.1. The molecule has 1 heterocycles. The van der Waals surface area contributed by atoms with Crippen molar-refractivity contribution in [2.24, 2.45) is 0 Å². The van der Waals surface area contributed by atoms with Crippen molar-refractivity contribution in [2.75, 3.05) is 13.2 Å². The highest BCUT2D eigenvalue weighted by Gasteiger charge is 2.18. The maximum atomic E-state index is 12.0. The van der Waals surface area contributed by atoms with E-state index in [0.29, 0.717) is 10.8 Å². The van der Waals surface area contributed by atoms with Crippen LogP contribution < -0.4 is 10.7 Å². The molecule has 0 amide bonds. The number of benzene rings is 1. The summed E-state index contributed by atoms with van der Waals surface area (Å²) in [7, 11) is 0. The van der Waals surface area contributed by atoms with Gasteiger partial charge in [0.1, 0.15) is 12.1 Å². The van der Waals surface area contributed by atoms with Crippen molar-refractivity contribution in [1.82, 2.24) is 4.98 Å². The molecule has 0 aliphatic carbocycles. The van der Waals surface area contributed by atoms with E-state index in [4.69, 9.17) is 9.47 Å². The van der Waals surface area contributed by atoms with E-state index in [1.54, 1.807) is 38.1 Å². The van der Waals surface area contributed by atoms with E-state index >= 15 is 0 Å². The summed E-state index contributed by atoms with van der Waals surface area (Å²) >= 11 is 0. The Morgan fingerprint density at radius 3 is 1.64 bits per heavy atom. The molecule has 1 N–H and O–H groups in total. The van der Waals surface area contributed by atoms with Gasteiger partial charge in [0.15, 0.2) is 11.1 Å². The largest absolute Gasteiger partial charge is 0.462 e. The fourth-order valence-electron chi connectivity index (χ4n) is 2.39. The summed E-state index contributed by atoms with van der Waals surface area (Å²) in [6.45, 7) is 3.50. The van der Waals surface area contributed by atoms with Crippen molar-refractivity contribution < 1.29 is 19.1 Å². The highest BCUT2D eigenvalue weighted by molar-refractivity contribution is 6.18. The Morgan fingerprint density at radius 2 is 1.32 bits per heavy atom. The second kappa shape index (κ2) is 7.80. The number of esters is 2. The van der Waals surface area contributed by atoms with E-state index in [9.17, 15) is 20.1 Å². The Morgan fingerprint density at radius 1 is 0.920 bits per heavy atom. The lowest BCUT2D eigenvalue weighted by Crippen LogP contribution is -2.22. The van der Waals surface area contributed by atoms with Crippen molar-refractivity contribution in [2.45, 2.75) is 13.8 Å². The molecule has 1 aromatic heterocycles. The van der Waals surface area contributed by atoms with Crippen LogP contribution in [0.1, 0.15) is 13.8 Å². The predicted octanol–water partition coefficient (Wildman–Crippen LogP) is 0.643. The zero-order valence-corrected chi connectivity index (χ0v) is 13.8. The molecule has 7 nitrogen and oxygen atoms in total. The van der Waals surface area contributed by atoms with Crippen LogP contribution in [-0.4, -0.2) is 30.1 Å². The normalized spacial score (nSPS) is 12.6. The molecule has 2 rings (SSSR count). The van der Waals surface area contributed by atoms with Crippen LogP contribution in [-0.2, 0) is 19.1 Å². The van der Waals surface area contributed by atoms with Gasteiger partial charge < -0.3 is 14.5 Å². The van der Waals surface area contributed by atoms with Gasteiger partial charge in [-0.15, -0.1) is 0 Å². The maximum Gasteiger partial charge on any atom is 0.351 e. The molecule has 126 valence electrons. The number of carbonyl (C=O) groups excluding carboxylic acids is 2. The monoisotopic (exact) mass is 337 g/mol. The standard InChI is InChI=1S/C18H15N3O4/c1-3-24-17(22)13(9-19)15-11-7-5-6-8-12(11)16(21-15)14(10-20)18(23)25-4-2/h5-8,21H,3-4H2,1-2H3/b15-13+,16-14+. The summed E-state index contributed by atoms with van der Waals surface area (Å²) in [5.41, 5.74) is -0.462. The van der Waals surface area contributed by atoms with Crippen molar-refractivity contribution in [1.29, 1.82) is 10.5 Å². The number of nitriles is 2. The van der Waals surface area contributed by atoms with Crippen LogP contribution in [0.3, 0.4) is 0 Å². The summed E-state index contributed by atoms with van der Waals surface area (Å²) in [5, 5.41) is 20.2. The second-order valence-corrected chi connectivity index (χ2v) is 4.84. The first-order valence-corrected chi connectivity index (χ1v) is 7.58. The number of aromatic amines is 1. The topological polar surface area (TPSA) is 116 Å². The predicted molar refractivity (Wildman–Crippen MR) is 88.9 cm³/mol. The Bertz CT molecular complexity index is 953. The number of nitrogens with zero attached hydrogens (tertiary/aromatic N) is 2. The Kier molecular flexibility index (Phi) is 5.54. The summed E-state index contributed by atoms with van der Waals surface area (Å²) in [4.78, 5) is 26.9. The van der Waals surface area contributed by atoms with Gasteiger partial charge in [0.25, 0.3) is 0 Å². The third-order valence-corrected chi connectivity index (χ3v) is 3.40. The van der Waals surface area contributed by atoms with Crippen molar-refractivity contribution in [3.05, 3.63) is 35.0 Å². The number of fused-ring (bicyclic) bond motifs is 1. The minimum absolute atomic E-state index is 0.119. The molecular formula is C18H15N3O4. The number of carbonyl (C=O) groups is 2. The lowest BCUT2D eigenvalue weighted by atomic mass is 10.1. The number of nitrogens with one attached hydrogen (secondary N) is 1. The van der Waals surface area contributed by atoms with Crippen molar-refractivity contribution >= 4 is 33.9 Å². The third kappa shape index (κ3) is 3.36. The van der Waals surface area contributed by atoms with Crippen LogP contribution in [0.4, 0.5) is 0 Å². The summed E-state index contributed by atoms with van der Waals surface area (Å²) in [6, 6.07) is 10.5. The number of hydrogen-bond donors (Lipinski definition) is 1. The first-order valence-electron chi connectivity index (χ1n) is 7.58. The molecule has 0 saturated heterocycles. The number of ether oxygens (including phenoxy) is 2. The lowest BCUT2D eigenvalue weighted by Gasteiger charge is -1.98. The fourth-order valence-corrected chi connectivity index (χ4v) is 2.39. The summed E-state index contributed by atoms with van der Waals surface area (Å²) < 4.78 is 9.80. The van der Waals surface area contributed by atoms with Crippen LogP contribution >= 0.6 is 0 Å². The van der Waals surface area contributed by atoms with Gasteiger partial charge in [0, 0.05) is 10.8 Å². The lowest BCUT2D eigenvalue weighted by molar-refractivity contribution is -0.136. The fraction of sp³-hybridized carbons (Fsp3) is 0.222. The SMILES string of the molecule is CCOC(=O)/C(C#N)=c1/[nH]/c(=C(\C#N)C(=O)OCC)c2ccccc12. The zero-order valence-electron chi connectivity index (χ0n) is 13.8. The minimum atomic E-state index is -0.779. The number of H-pyrrole nitrogens is 1. The molecule has 0 unspecified atom stereocenters. The van der Waals surface area contributed by atoms with E-state index in [0.717, 1.165) is 0 Å². The maximum absolute atomic E-state index is 12.0. The molecule has 25 heavy (non-hydrogen) atoms. The second-order valence-electron chi connectivity index (χ2n) is 4.84. The van der Waals surface area contributed by atoms with Crippen LogP contribution in [0.2, 0.25) is 0 Å². The molecule has 0 aliphatic rings. The average Bonchev–Trinajstić information content (AvgIpc) is 2.97. The van der Waals surface area contributed by atoms with Crippen molar-refractivity contribution in [3.63, 3.8) is 0 Å². The van der Waals surface area contributed by atoms with E-state index in [1.807, 2.05) is 12.1 Å². The molecule has 0 aliphatic heterocycles. The van der Waals surface area contributed by atoms with Gasteiger partial charge in [-0.2, -0.15) is 10.5 Å². The van der Waals surface area contributed by atoms with E-state index in [-0.39, 0.29) is 35.1 Å². The molecule has 7 heteroatoms. The van der Waals surface area contributed by atoms with Gasteiger partial charge in [0.2, 0.25) is 0 Å². The highest BCUT2D eigenvalue weighted by Crippen LogP contribution is 2.08. The number of aromatic nitrogens is 1. The molecule has 0 bridgehead atoms. The Hall–Kier alpha value is -3.58. The van der Waals surface area contributed by atoms with Gasteiger partial charge in [-0.3, -0.25) is 0 Å². The highest BCUT2D eigenvalue weighted by atomic mass is 16.5. The number of hydrogen-bond acceptors (Lipinski definition) is 6. The molecule has 0 spiro atoms. The van der Waals surface area contributed by atoms with Crippen LogP contribution in [0.5, 0.6) is 0 Å². The van der Waals surface area contributed by atoms with Gasteiger partial charge in [-0.1, -0.05) is 24.3 Å². The van der Waals surface area contributed by atoms with E-state index in [1.165, 1.54) is 0 Å². The smallest absolute Gasteiger partial charge is 0.351 e. The van der Waals surface area contributed by atoms with Crippen LogP contribution in [0.15, 0.2) is 24.3 Å². The molecule has 0 saturated carbocycles. The van der Waals surface area contributed by atoms with E-state index in [2.05, 4.69) is 4.98 Å². The molecule has 1 aromatic carbocycles. The summed E-state index contributed by atoms with van der Waals surface area (Å²) in [6.07, 6.45) is 0. The van der Waals surface area contributed by atoms with Gasteiger partial charge in [0.05, 0.1) is 23.9 Å². The molecular weight excluding hydrogens is 322 g/mol. The first kappa shape index (κ1) is 17.8. The quantitative estimate of drug-likeness (QED) is 0.819. The van der Waals surface area contributed by atoms with Crippen LogP contribution in [0, 0.1) is 22.7 Å². The Balaban J connectivity index is 2.98. The van der Waals surface area contributed by atoms with Crippen LogP contribution in [0.25, 0.3) is 21.9 Å². The third-order valence-electron chi connectivity index (χ3n) is 3.40. The Labute approximate surface area is 143 Å². The van der Waals surface area contributed by atoms with E-state index < -0.39 is 11.9 Å². The molecule has 0 atom stereocenters. The van der Waals surface area contributed by atoms with Crippen molar-refractivity contribution in [3.8, 4) is 12.1 Å². The molecule has 2 aromatic rings. The molecule has 0 fully saturated rings. The zero-order chi connectivity index (χ0) is 18.4. The molecule has 0 radical (unpaired) electrons. The minimum Gasteiger partial charge on any atom is -0.462 e. The average molecular weight is 337 g/mol. The van der Waals surface area contributed by atoms with Gasteiger partial charge >= 0.3 is 11.9 Å². The number of rotatable bonds is 4. The van der Waals surface area contributed by atoms with Gasteiger partial charge in [-0.25, -0.2) is 9.59 Å². The van der Waals surface area contributed by atoms with Gasteiger partial charge in [-0.05, 0) is 13.8 Å².